The van der Waals surface area contributed by atoms with Crippen LogP contribution in [0.1, 0.15) is 71.4 Å². The van der Waals surface area contributed by atoms with Crippen molar-refractivity contribution in [2.75, 3.05) is 20.3 Å². The topological polar surface area (TPSA) is 108 Å². The molecule has 10 heteroatoms. The van der Waals surface area contributed by atoms with Gasteiger partial charge in [0.2, 0.25) is 11.8 Å². The van der Waals surface area contributed by atoms with Crippen LogP contribution in [0.5, 0.6) is 11.6 Å². The van der Waals surface area contributed by atoms with Crippen molar-refractivity contribution in [1.82, 2.24) is 14.9 Å². The van der Waals surface area contributed by atoms with Crippen LogP contribution in [0.15, 0.2) is 18.2 Å². The van der Waals surface area contributed by atoms with Crippen molar-refractivity contribution in [2.24, 2.45) is 35.0 Å². The molecule has 2 aliphatic carbocycles. The fourth-order valence-electron chi connectivity index (χ4n) is 7.76. The van der Waals surface area contributed by atoms with E-state index in [2.05, 4.69) is 0 Å². The number of carbonyl (C=O) groups excluding carboxylic acids is 3. The van der Waals surface area contributed by atoms with E-state index in [4.69, 9.17) is 24.2 Å². The van der Waals surface area contributed by atoms with Gasteiger partial charge in [-0.05, 0) is 67.4 Å². The summed E-state index contributed by atoms with van der Waals surface area (Å²) in [5.41, 5.74) is 1.37. The molecule has 0 spiro atoms. The molecule has 0 N–H and O–H groups in total. The zero-order valence-electron chi connectivity index (χ0n) is 26.2. The highest BCUT2D eigenvalue weighted by Crippen LogP contribution is 2.58. The summed E-state index contributed by atoms with van der Waals surface area (Å²) in [5.74, 6) is 0.159. The number of nitrogens with zero attached hydrogens (tertiary/aromatic N) is 3. The molecule has 2 aliphatic heterocycles. The number of methoxy groups -OCH3 is 1. The average molecular weight is 610 g/mol. The molecule has 6 rings (SSSR count). The fourth-order valence-corrected chi connectivity index (χ4v) is 7.76. The SMILES string of the molecule is COc1ccc2nc3c(nc2c1)O[C@H]1CN(C(=O)[C@H](C(C)(C)C)CC(=O)O[C@@H]2CC4CC4[C@H]2CCCCC3)[C@H](C=O)[C@@H]1CF. The Kier molecular flexibility index (Phi) is 8.54. The Bertz CT molecular complexity index is 1410. The lowest BCUT2D eigenvalue weighted by molar-refractivity contribution is -0.158. The Hall–Kier alpha value is -3.30. The molecule has 8 atom stereocenters. The molecular formula is C34H44FN3O6. The van der Waals surface area contributed by atoms with Crippen molar-refractivity contribution < 1.29 is 33.0 Å². The predicted octanol–water partition coefficient (Wildman–Crippen LogP) is 5.12. The molecule has 1 saturated heterocycles. The summed E-state index contributed by atoms with van der Waals surface area (Å²) in [6, 6.07) is 4.44. The van der Waals surface area contributed by atoms with Crippen molar-refractivity contribution in [3.63, 3.8) is 0 Å². The van der Waals surface area contributed by atoms with Gasteiger partial charge in [-0.15, -0.1) is 0 Å². The minimum absolute atomic E-state index is 0.00375. The first kappa shape index (κ1) is 30.7. The molecule has 1 aromatic heterocycles. The van der Waals surface area contributed by atoms with E-state index in [0.29, 0.717) is 58.8 Å². The van der Waals surface area contributed by atoms with Gasteiger partial charge in [0.1, 0.15) is 29.9 Å². The molecule has 9 nitrogen and oxygen atoms in total. The van der Waals surface area contributed by atoms with Gasteiger partial charge in [0.25, 0.3) is 0 Å². The number of benzene rings is 1. The number of hydrogen-bond acceptors (Lipinski definition) is 8. The largest absolute Gasteiger partial charge is 0.497 e. The second kappa shape index (κ2) is 12.2. The number of halogens is 1. The van der Waals surface area contributed by atoms with Gasteiger partial charge >= 0.3 is 5.97 Å². The van der Waals surface area contributed by atoms with Gasteiger partial charge in [-0.2, -0.15) is 0 Å². The van der Waals surface area contributed by atoms with Crippen LogP contribution in [0.4, 0.5) is 4.39 Å². The van der Waals surface area contributed by atoms with Crippen LogP contribution in [0.2, 0.25) is 0 Å². The zero-order chi connectivity index (χ0) is 31.2. The number of fused-ring (bicyclic) bond motifs is 7. The highest BCUT2D eigenvalue weighted by Gasteiger charge is 2.55. The number of ether oxygens (including phenoxy) is 3. The third kappa shape index (κ3) is 6.01. The number of alkyl halides is 1. The second-order valence-corrected chi connectivity index (χ2v) is 14.2. The van der Waals surface area contributed by atoms with Crippen molar-refractivity contribution >= 4 is 29.2 Å². The lowest BCUT2D eigenvalue weighted by atomic mass is 9.77. The van der Waals surface area contributed by atoms with Crippen LogP contribution >= 0.6 is 0 Å². The van der Waals surface area contributed by atoms with Gasteiger partial charge in [0.15, 0.2) is 0 Å². The summed E-state index contributed by atoms with van der Waals surface area (Å²) in [4.78, 5) is 51.0. The lowest BCUT2D eigenvalue weighted by Gasteiger charge is -2.34. The Morgan fingerprint density at radius 2 is 1.86 bits per heavy atom. The maximum atomic E-state index is 14.6. The number of hydrogen-bond donors (Lipinski definition) is 0. The van der Waals surface area contributed by atoms with E-state index < -0.39 is 36.1 Å². The second-order valence-electron chi connectivity index (χ2n) is 14.2. The van der Waals surface area contributed by atoms with Crippen molar-refractivity contribution in [3.05, 3.63) is 23.9 Å². The van der Waals surface area contributed by atoms with E-state index in [1.807, 2.05) is 32.9 Å². The molecule has 2 bridgehead atoms. The lowest BCUT2D eigenvalue weighted by Crippen LogP contribution is -2.46. The van der Waals surface area contributed by atoms with Crippen LogP contribution in [0, 0.1) is 35.0 Å². The number of esters is 1. The molecule has 1 amide bonds. The van der Waals surface area contributed by atoms with Gasteiger partial charge in [0.05, 0.1) is 55.7 Å². The van der Waals surface area contributed by atoms with E-state index in [-0.39, 0.29) is 30.9 Å². The molecule has 238 valence electrons. The summed E-state index contributed by atoms with van der Waals surface area (Å²) < 4.78 is 32.5. The molecule has 2 saturated carbocycles. The number of carbonyl (C=O) groups is 3. The van der Waals surface area contributed by atoms with Crippen LogP contribution in [0.3, 0.4) is 0 Å². The molecule has 3 heterocycles. The Morgan fingerprint density at radius 1 is 1.05 bits per heavy atom. The molecule has 2 unspecified atom stereocenters. The van der Waals surface area contributed by atoms with Gasteiger partial charge in [-0.3, -0.25) is 14.0 Å². The minimum atomic E-state index is -1.02. The smallest absolute Gasteiger partial charge is 0.306 e. The highest BCUT2D eigenvalue weighted by atomic mass is 19.1. The highest BCUT2D eigenvalue weighted by molar-refractivity contribution is 5.87. The first-order valence-electron chi connectivity index (χ1n) is 16.1. The van der Waals surface area contributed by atoms with E-state index >= 15 is 0 Å². The minimum Gasteiger partial charge on any atom is -0.497 e. The van der Waals surface area contributed by atoms with Crippen molar-refractivity contribution in [2.45, 2.75) is 90.4 Å². The van der Waals surface area contributed by atoms with Gasteiger partial charge < -0.3 is 23.9 Å². The number of aldehydes is 1. The van der Waals surface area contributed by atoms with E-state index in [0.717, 1.165) is 32.1 Å². The first-order chi connectivity index (χ1) is 21.1. The number of rotatable bonds is 3. The molecule has 44 heavy (non-hydrogen) atoms. The molecular weight excluding hydrogens is 565 g/mol. The molecule has 4 aliphatic rings. The van der Waals surface area contributed by atoms with Gasteiger partial charge in [-0.1, -0.05) is 33.6 Å². The Morgan fingerprint density at radius 3 is 2.59 bits per heavy atom. The van der Waals surface area contributed by atoms with E-state index in [1.54, 1.807) is 13.2 Å². The predicted molar refractivity (Wildman–Crippen MR) is 161 cm³/mol. The van der Waals surface area contributed by atoms with Crippen LogP contribution in [0.25, 0.3) is 11.0 Å². The summed E-state index contributed by atoms with van der Waals surface area (Å²) in [6.07, 6.45) is 6.20. The standard InChI is InChI=1S/C34H44FN3O6/c1-34(2,3)24-15-31(40)43-29-13-19-12-22(19)21(29)8-6-5-7-9-26-32(37-27-14-20(42-4)10-11-25(27)36-26)44-30-17-38(33(24)41)28(18-39)23(30)16-35/h10-11,14,18-19,21-24,28-30H,5-9,12-13,15-17H2,1-4H3/t19?,21-,22?,23+,24-,28-,29-,30+/m1/s1. The zero-order valence-corrected chi connectivity index (χ0v) is 26.2. The molecule has 0 radical (unpaired) electrons. The fraction of sp³-hybridized carbons (Fsp3) is 0.676. The molecule has 2 aromatic rings. The summed E-state index contributed by atoms with van der Waals surface area (Å²) in [6.45, 7) is 4.86. The van der Waals surface area contributed by atoms with Crippen LogP contribution in [-0.2, 0) is 25.5 Å². The normalized spacial score (nSPS) is 32.9. The summed E-state index contributed by atoms with van der Waals surface area (Å²) >= 11 is 0. The monoisotopic (exact) mass is 609 g/mol. The van der Waals surface area contributed by atoms with Crippen molar-refractivity contribution in [3.8, 4) is 11.6 Å². The summed E-state index contributed by atoms with van der Waals surface area (Å²) in [5, 5.41) is 0. The third-order valence-corrected chi connectivity index (χ3v) is 10.4. The Balaban J connectivity index is 1.36. The quantitative estimate of drug-likeness (QED) is 0.349. The van der Waals surface area contributed by atoms with Gasteiger partial charge in [0, 0.05) is 6.07 Å². The number of aromatic nitrogens is 2. The summed E-state index contributed by atoms with van der Waals surface area (Å²) in [7, 11) is 1.58. The third-order valence-electron chi connectivity index (χ3n) is 10.4. The maximum Gasteiger partial charge on any atom is 0.306 e. The molecule has 3 fully saturated rings. The first-order valence-corrected chi connectivity index (χ1v) is 16.1. The van der Waals surface area contributed by atoms with E-state index in [9.17, 15) is 18.8 Å². The average Bonchev–Trinajstić information content (AvgIpc) is 3.54. The Labute approximate surface area is 258 Å². The van der Waals surface area contributed by atoms with E-state index in [1.165, 1.54) is 11.3 Å². The van der Waals surface area contributed by atoms with Crippen LogP contribution in [-0.4, -0.2) is 71.6 Å². The number of amides is 1. The van der Waals surface area contributed by atoms with Gasteiger partial charge in [-0.25, -0.2) is 9.97 Å². The number of aryl methyl sites for hydroxylation is 1. The van der Waals surface area contributed by atoms with Crippen LogP contribution < -0.4 is 9.47 Å². The van der Waals surface area contributed by atoms with Crippen molar-refractivity contribution in [1.29, 1.82) is 0 Å². The molecule has 1 aromatic carbocycles. The maximum absolute atomic E-state index is 14.6.